The lowest BCUT2D eigenvalue weighted by molar-refractivity contribution is -0.870. The van der Waals surface area contributed by atoms with Gasteiger partial charge in [-0.05, 0) is 44.9 Å². The molecule has 9 heteroatoms. The first-order valence-electron chi connectivity index (χ1n) is 27.9. The minimum Gasteiger partial charge on any atom is -0.387 e. The van der Waals surface area contributed by atoms with Gasteiger partial charge in [0.05, 0.1) is 39.9 Å². The van der Waals surface area contributed by atoms with E-state index in [1.807, 2.05) is 27.2 Å². The Morgan fingerprint density at radius 2 is 0.846 bits per heavy atom. The number of phosphoric acid groups is 1. The van der Waals surface area contributed by atoms with Crippen molar-refractivity contribution in [2.24, 2.45) is 0 Å². The van der Waals surface area contributed by atoms with E-state index in [1.54, 1.807) is 6.08 Å². The minimum atomic E-state index is -4.35. The molecule has 8 nitrogen and oxygen atoms in total. The third-order valence-corrected chi connectivity index (χ3v) is 13.6. The number of phosphoric ester groups is 1. The van der Waals surface area contributed by atoms with E-state index >= 15 is 0 Å². The van der Waals surface area contributed by atoms with E-state index in [2.05, 4.69) is 43.5 Å². The smallest absolute Gasteiger partial charge is 0.387 e. The number of allylic oxidation sites excluding steroid dienone is 5. The molecule has 0 aromatic carbocycles. The number of nitrogens with one attached hydrogen (secondary N) is 1. The van der Waals surface area contributed by atoms with E-state index in [9.17, 15) is 19.4 Å². The lowest BCUT2D eigenvalue weighted by atomic mass is 10.0. The summed E-state index contributed by atoms with van der Waals surface area (Å²) in [6.07, 6.45) is 61.0. The van der Waals surface area contributed by atoms with Crippen LogP contribution in [0.15, 0.2) is 36.5 Å². The van der Waals surface area contributed by atoms with Gasteiger partial charge in [-0.2, -0.15) is 0 Å². The number of carbonyl (C=O) groups is 1. The molecule has 0 rings (SSSR count). The summed E-state index contributed by atoms with van der Waals surface area (Å²) in [5, 5.41) is 13.9. The molecule has 0 aliphatic carbocycles. The number of quaternary nitrogens is 1. The zero-order valence-electron chi connectivity index (χ0n) is 43.7. The van der Waals surface area contributed by atoms with Crippen LogP contribution in [0.25, 0.3) is 0 Å². The maximum absolute atomic E-state index is 13.0. The van der Waals surface area contributed by atoms with Crippen molar-refractivity contribution in [3.05, 3.63) is 36.5 Å². The largest absolute Gasteiger partial charge is 0.472 e. The first kappa shape index (κ1) is 63.7. The van der Waals surface area contributed by atoms with Crippen molar-refractivity contribution in [2.75, 3.05) is 40.9 Å². The predicted molar refractivity (Wildman–Crippen MR) is 281 cm³/mol. The molecular weight excluding hydrogens is 828 g/mol. The molecule has 0 saturated heterocycles. The second-order valence-corrected chi connectivity index (χ2v) is 21.8. The molecule has 0 bridgehead atoms. The number of rotatable bonds is 51. The Morgan fingerprint density at radius 3 is 1.23 bits per heavy atom. The van der Waals surface area contributed by atoms with Gasteiger partial charge < -0.3 is 19.8 Å². The molecule has 0 fully saturated rings. The van der Waals surface area contributed by atoms with Gasteiger partial charge in [-0.25, -0.2) is 4.57 Å². The van der Waals surface area contributed by atoms with Gasteiger partial charge in [-0.3, -0.25) is 13.8 Å². The lowest BCUT2D eigenvalue weighted by Gasteiger charge is -2.25. The van der Waals surface area contributed by atoms with Crippen molar-refractivity contribution in [3.8, 4) is 0 Å². The molecule has 0 aromatic heterocycles. The minimum absolute atomic E-state index is 0.0551. The van der Waals surface area contributed by atoms with Crippen molar-refractivity contribution in [1.82, 2.24) is 5.32 Å². The van der Waals surface area contributed by atoms with Crippen molar-refractivity contribution in [3.63, 3.8) is 0 Å². The molecule has 0 aliphatic heterocycles. The number of unbranched alkanes of at least 4 members (excludes halogenated alkanes) is 34. The molecule has 1 amide bonds. The standard InChI is InChI=1S/C56H109N2O6P/c1-6-8-10-12-14-16-18-20-22-24-26-28-29-30-32-34-36-38-40-42-44-46-48-50-56(60)57-54(53-64-65(61,62)63-52-51-58(3,4)5)55(59)49-47-45-43-41-39-37-35-33-31-27-25-23-21-19-17-15-13-11-9-7-2/h31,33,39,41,47,49,54-55,59H,6-30,32,34-38,40,42-46,48,50-53H2,1-5H3,(H-,57,60,61,62)/p+1/b33-31+,41-39+,49-47+. The van der Waals surface area contributed by atoms with Crippen LogP contribution in [0.2, 0.25) is 0 Å². The number of aliphatic hydroxyl groups excluding tert-OH is 1. The van der Waals surface area contributed by atoms with Crippen molar-refractivity contribution in [2.45, 2.75) is 276 Å². The number of nitrogens with zero attached hydrogens (tertiary/aromatic N) is 1. The highest BCUT2D eigenvalue weighted by Crippen LogP contribution is 2.43. The van der Waals surface area contributed by atoms with E-state index in [0.29, 0.717) is 17.4 Å². The number of hydrogen-bond donors (Lipinski definition) is 3. The van der Waals surface area contributed by atoms with Gasteiger partial charge in [0, 0.05) is 6.42 Å². The summed E-state index contributed by atoms with van der Waals surface area (Å²) in [7, 11) is 1.56. The molecule has 0 radical (unpaired) electrons. The first-order chi connectivity index (χ1) is 31.5. The second-order valence-electron chi connectivity index (χ2n) is 20.3. The molecule has 0 aliphatic rings. The summed E-state index contributed by atoms with van der Waals surface area (Å²) in [5.41, 5.74) is 0. The Kier molecular flexibility index (Phi) is 46.8. The number of hydrogen-bond acceptors (Lipinski definition) is 5. The fourth-order valence-electron chi connectivity index (χ4n) is 8.19. The molecular formula is C56H110N2O6P+. The third-order valence-electron chi connectivity index (χ3n) is 12.6. The molecule has 0 aromatic rings. The average Bonchev–Trinajstić information content (AvgIpc) is 3.26. The summed E-state index contributed by atoms with van der Waals surface area (Å²) in [5.74, 6) is -0.186. The Hall–Kier alpha value is -1.28. The maximum atomic E-state index is 13.0. The van der Waals surface area contributed by atoms with Gasteiger partial charge in [0.25, 0.3) is 0 Å². The third kappa shape index (κ3) is 50.4. The van der Waals surface area contributed by atoms with Crippen LogP contribution in [0, 0.1) is 0 Å². The number of aliphatic hydroxyl groups is 1. The summed E-state index contributed by atoms with van der Waals surface area (Å²) < 4.78 is 23.7. The Balaban J connectivity index is 4.28. The van der Waals surface area contributed by atoms with Crippen LogP contribution < -0.4 is 5.32 Å². The SMILES string of the molecule is CCCCCCCCCCCC/C=C/CC/C=C/CC/C=C/C(O)C(COP(=O)(O)OCC[N+](C)(C)C)NC(=O)CCCCCCCCCCCCCCCCCCCCCCCCC. The highest BCUT2D eigenvalue weighted by molar-refractivity contribution is 7.47. The molecule has 3 atom stereocenters. The van der Waals surface area contributed by atoms with Crippen LogP contribution in [0.5, 0.6) is 0 Å². The van der Waals surface area contributed by atoms with Crippen molar-refractivity contribution in [1.29, 1.82) is 0 Å². The molecule has 384 valence electrons. The second kappa shape index (κ2) is 47.8. The van der Waals surface area contributed by atoms with Crippen molar-refractivity contribution < 1.29 is 32.9 Å². The lowest BCUT2D eigenvalue weighted by Crippen LogP contribution is -2.45. The summed E-state index contributed by atoms with van der Waals surface area (Å²) in [4.78, 5) is 23.3. The molecule has 0 spiro atoms. The number of amides is 1. The van der Waals surface area contributed by atoms with Crippen LogP contribution >= 0.6 is 7.82 Å². The number of carbonyl (C=O) groups excluding carboxylic acids is 1. The molecule has 65 heavy (non-hydrogen) atoms. The van der Waals surface area contributed by atoms with Crippen LogP contribution in [0.4, 0.5) is 0 Å². The highest BCUT2D eigenvalue weighted by Gasteiger charge is 2.27. The molecule has 3 unspecified atom stereocenters. The summed E-state index contributed by atoms with van der Waals surface area (Å²) >= 11 is 0. The number of likely N-dealkylation sites (N-methyl/N-ethyl adjacent to an activating group) is 1. The zero-order chi connectivity index (χ0) is 47.8. The normalized spacial score (nSPS) is 14.3. The van der Waals surface area contributed by atoms with E-state index in [4.69, 9.17) is 9.05 Å². The monoisotopic (exact) mass is 938 g/mol. The zero-order valence-corrected chi connectivity index (χ0v) is 44.6. The summed E-state index contributed by atoms with van der Waals surface area (Å²) in [6, 6.07) is -0.867. The van der Waals surface area contributed by atoms with Gasteiger partial charge >= 0.3 is 7.82 Å². The van der Waals surface area contributed by atoms with Gasteiger partial charge in [0.2, 0.25) is 5.91 Å². The molecule has 0 heterocycles. The van der Waals surface area contributed by atoms with E-state index < -0.39 is 20.0 Å². The fourth-order valence-corrected chi connectivity index (χ4v) is 8.93. The van der Waals surface area contributed by atoms with E-state index in [1.165, 1.54) is 199 Å². The maximum Gasteiger partial charge on any atom is 0.472 e. The van der Waals surface area contributed by atoms with E-state index in [0.717, 1.165) is 44.9 Å². The Labute approximate surface area is 404 Å². The van der Waals surface area contributed by atoms with Gasteiger partial charge in [0.1, 0.15) is 13.2 Å². The first-order valence-corrected chi connectivity index (χ1v) is 29.4. The molecule has 0 saturated carbocycles. The van der Waals surface area contributed by atoms with Crippen LogP contribution in [-0.2, 0) is 18.4 Å². The summed E-state index contributed by atoms with van der Waals surface area (Å²) in [6.45, 7) is 4.82. The van der Waals surface area contributed by atoms with Crippen LogP contribution in [0.1, 0.15) is 264 Å². The van der Waals surface area contributed by atoms with Gasteiger partial charge in [0.15, 0.2) is 0 Å². The average molecular weight is 938 g/mol. The van der Waals surface area contributed by atoms with Gasteiger partial charge in [-0.15, -0.1) is 0 Å². The molecule has 3 N–H and O–H groups in total. The van der Waals surface area contributed by atoms with Gasteiger partial charge in [-0.1, -0.05) is 249 Å². The highest BCUT2D eigenvalue weighted by atomic mass is 31.2. The quantitative estimate of drug-likeness (QED) is 0.0243. The topological polar surface area (TPSA) is 105 Å². The van der Waals surface area contributed by atoms with Crippen molar-refractivity contribution >= 4 is 13.7 Å². The van der Waals surface area contributed by atoms with Crippen LogP contribution in [-0.4, -0.2) is 73.4 Å². The predicted octanol–water partition coefficient (Wildman–Crippen LogP) is 16.6. The van der Waals surface area contributed by atoms with E-state index in [-0.39, 0.29) is 19.1 Å². The fraction of sp³-hybridized carbons (Fsp3) is 0.875. The van der Waals surface area contributed by atoms with Crippen LogP contribution in [0.3, 0.4) is 0 Å². The Morgan fingerprint density at radius 1 is 0.508 bits per heavy atom. The Bertz CT molecular complexity index is 1150.